The molecule has 0 spiro atoms. The Morgan fingerprint density at radius 2 is 1.85 bits per heavy atom. The number of benzene rings is 2. The molecule has 4 rings (SSSR count). The third kappa shape index (κ3) is 8.37. The topological polar surface area (TPSA) is 143 Å². The van der Waals surface area contributed by atoms with Gasteiger partial charge in [-0.1, -0.05) is 36.7 Å². The van der Waals surface area contributed by atoms with E-state index in [1.54, 1.807) is 51.2 Å². The van der Waals surface area contributed by atoms with Crippen molar-refractivity contribution >= 4 is 56.1 Å². The lowest BCUT2D eigenvalue weighted by atomic mass is 9.81. The average molecular weight is 670 g/mol. The molecule has 10 nitrogen and oxygen atoms in total. The third-order valence-electron chi connectivity index (χ3n) is 7.92. The number of halogens is 1. The number of nitrogens with one attached hydrogen (secondary N) is 3. The second-order valence-corrected chi connectivity index (χ2v) is 15.1. The third-order valence-corrected chi connectivity index (χ3v) is 10.4. The maximum absolute atomic E-state index is 13.2. The molecular formula is C34H44ClN5O5S. The number of hydrogen-bond donors (Lipinski definition) is 4. The van der Waals surface area contributed by atoms with Gasteiger partial charge in [0.05, 0.1) is 33.8 Å². The average Bonchev–Trinajstić information content (AvgIpc) is 3.03. The van der Waals surface area contributed by atoms with Gasteiger partial charge in [-0.2, -0.15) is 4.98 Å². The van der Waals surface area contributed by atoms with E-state index < -0.39 is 15.1 Å². The maximum atomic E-state index is 13.2. The molecule has 4 N–H and O–H groups in total. The molecule has 0 radical (unpaired) electrons. The van der Waals surface area contributed by atoms with E-state index in [-0.39, 0.29) is 46.2 Å². The number of carbonyl (C=O) groups is 1. The van der Waals surface area contributed by atoms with Crippen molar-refractivity contribution < 1.29 is 23.1 Å². The highest BCUT2D eigenvalue weighted by Gasteiger charge is 2.25. The number of amides is 1. The van der Waals surface area contributed by atoms with Gasteiger partial charge >= 0.3 is 0 Å². The molecule has 248 valence electrons. The molecule has 1 amide bonds. The van der Waals surface area contributed by atoms with Crippen molar-refractivity contribution in [2.24, 2.45) is 11.8 Å². The highest BCUT2D eigenvalue weighted by atomic mass is 35.5. The summed E-state index contributed by atoms with van der Waals surface area (Å²) in [5, 5.41) is 18.1. The minimum atomic E-state index is -3.59. The normalized spacial score (nSPS) is 15.8. The van der Waals surface area contributed by atoms with Crippen LogP contribution in [0.25, 0.3) is 5.57 Å². The summed E-state index contributed by atoms with van der Waals surface area (Å²) in [5.41, 5.74) is 3.19. The summed E-state index contributed by atoms with van der Waals surface area (Å²) in [6.07, 6.45) is 7.07. The van der Waals surface area contributed by atoms with Gasteiger partial charge in [-0.15, -0.1) is 0 Å². The first-order valence-electron chi connectivity index (χ1n) is 15.6. The van der Waals surface area contributed by atoms with Crippen LogP contribution in [0, 0.1) is 11.8 Å². The van der Waals surface area contributed by atoms with Gasteiger partial charge in [0, 0.05) is 19.2 Å². The fourth-order valence-electron chi connectivity index (χ4n) is 5.44. The first kappa shape index (κ1) is 35.2. The first-order valence-corrected chi connectivity index (χ1v) is 17.5. The van der Waals surface area contributed by atoms with Crippen LogP contribution < -0.4 is 20.7 Å². The number of sulfone groups is 1. The van der Waals surface area contributed by atoms with Gasteiger partial charge in [0.1, 0.15) is 10.8 Å². The number of anilines is 4. The van der Waals surface area contributed by atoms with Gasteiger partial charge in [-0.3, -0.25) is 4.79 Å². The molecule has 3 aromatic rings. The number of nitrogens with zero attached hydrogens (tertiary/aromatic N) is 2. The van der Waals surface area contributed by atoms with Crippen molar-refractivity contribution in [1.29, 1.82) is 0 Å². The van der Waals surface area contributed by atoms with Crippen molar-refractivity contribution in [1.82, 2.24) is 15.3 Å². The van der Waals surface area contributed by atoms with E-state index in [4.69, 9.17) is 16.3 Å². The predicted molar refractivity (Wildman–Crippen MR) is 184 cm³/mol. The fraction of sp³-hybridized carbons (Fsp3) is 0.441. The van der Waals surface area contributed by atoms with E-state index in [2.05, 4.69) is 38.9 Å². The van der Waals surface area contributed by atoms with Crippen LogP contribution in [0.2, 0.25) is 5.02 Å². The summed E-state index contributed by atoms with van der Waals surface area (Å²) in [7, 11) is -1.99. The highest BCUT2D eigenvalue weighted by molar-refractivity contribution is 7.92. The van der Waals surface area contributed by atoms with Gasteiger partial charge in [0.25, 0.3) is 5.91 Å². The lowest BCUT2D eigenvalue weighted by molar-refractivity contribution is 0.0962. The standard InChI is InChI=1S/C34H44ClN5O5S/c1-20(2)45-30-17-25(24-13-11-23(12-14-24)15-22(5)19-41)26(33(42)36-6)16-29(30)39-34-37-18-27(35)32(40-34)38-28-9-7-8-10-31(28)46(43,44)21(3)4/h7-10,13,16-18,20-23,41H,11-12,14-15,19H2,1-6H3,(H,36,42)(H2,37,38,39,40)/t22-,23?/m1/s1. The molecule has 1 unspecified atom stereocenters. The van der Waals surface area contributed by atoms with Crippen molar-refractivity contribution in [3.8, 4) is 5.75 Å². The summed E-state index contributed by atoms with van der Waals surface area (Å²) in [5.74, 6) is 1.40. The number of aliphatic hydroxyl groups excluding tert-OH is 1. The Labute approximate surface area is 277 Å². The Morgan fingerprint density at radius 1 is 1.11 bits per heavy atom. The van der Waals surface area contributed by atoms with Crippen LogP contribution in [0.1, 0.15) is 76.2 Å². The van der Waals surface area contributed by atoms with Crippen LogP contribution in [0.3, 0.4) is 0 Å². The Hall–Kier alpha value is -3.67. The van der Waals surface area contributed by atoms with Crippen molar-refractivity contribution in [3.05, 3.63) is 64.8 Å². The highest BCUT2D eigenvalue weighted by Crippen LogP contribution is 2.40. The molecule has 1 aromatic heterocycles. The second-order valence-electron chi connectivity index (χ2n) is 12.3. The molecule has 1 aliphatic rings. The molecule has 0 bridgehead atoms. The lowest BCUT2D eigenvalue weighted by Gasteiger charge is -2.26. The van der Waals surface area contributed by atoms with Crippen molar-refractivity contribution in [2.75, 3.05) is 24.3 Å². The molecule has 0 aliphatic heterocycles. The van der Waals surface area contributed by atoms with E-state index >= 15 is 0 Å². The van der Waals surface area contributed by atoms with Crippen molar-refractivity contribution in [2.45, 2.75) is 76.6 Å². The molecule has 2 atom stereocenters. The summed E-state index contributed by atoms with van der Waals surface area (Å²) in [6.45, 7) is 9.34. The van der Waals surface area contributed by atoms with Crippen LogP contribution in [-0.4, -0.2) is 54.4 Å². The quantitative estimate of drug-likeness (QED) is 0.149. The first-order chi connectivity index (χ1) is 21.8. The molecular weight excluding hydrogens is 626 g/mol. The Bertz CT molecular complexity index is 1690. The van der Waals surface area contributed by atoms with Gasteiger partial charge in [-0.05, 0) is 101 Å². The van der Waals surface area contributed by atoms with Crippen LogP contribution in [0.5, 0.6) is 5.75 Å². The SMILES string of the molecule is CNC(=O)c1cc(Nc2ncc(Cl)c(Nc3ccccc3S(=O)(=O)C(C)C)n2)c(OC(C)C)cc1C1=CCC(C[C@@H](C)CO)CC1. The smallest absolute Gasteiger partial charge is 0.251 e. The van der Waals surface area contributed by atoms with Gasteiger partial charge in [0.2, 0.25) is 5.95 Å². The van der Waals surface area contributed by atoms with E-state index in [1.165, 1.54) is 6.20 Å². The van der Waals surface area contributed by atoms with E-state index in [0.717, 1.165) is 36.8 Å². The Morgan fingerprint density at radius 3 is 2.48 bits per heavy atom. The summed E-state index contributed by atoms with van der Waals surface area (Å²) >= 11 is 6.46. The van der Waals surface area contributed by atoms with Crippen molar-refractivity contribution in [3.63, 3.8) is 0 Å². The molecule has 0 saturated heterocycles. The summed E-state index contributed by atoms with van der Waals surface area (Å²) in [4.78, 5) is 22.2. The van der Waals surface area contributed by atoms with Crippen LogP contribution in [0.4, 0.5) is 23.1 Å². The number of ether oxygens (including phenoxy) is 1. The van der Waals surface area contributed by atoms with Gasteiger partial charge in [0.15, 0.2) is 15.7 Å². The number of aliphatic hydroxyl groups is 1. The minimum absolute atomic E-state index is 0.138. The number of carbonyl (C=O) groups excluding carboxylic acids is 1. The zero-order valence-corrected chi connectivity index (χ0v) is 28.8. The summed E-state index contributed by atoms with van der Waals surface area (Å²) in [6, 6.07) is 10.2. The Kier molecular flexibility index (Phi) is 11.7. The maximum Gasteiger partial charge on any atom is 0.251 e. The summed E-state index contributed by atoms with van der Waals surface area (Å²) < 4.78 is 32.2. The number of para-hydroxylation sites is 1. The number of aromatic nitrogens is 2. The monoisotopic (exact) mass is 669 g/mol. The van der Waals surface area contributed by atoms with E-state index in [0.29, 0.717) is 28.6 Å². The zero-order valence-electron chi connectivity index (χ0n) is 27.2. The molecule has 0 saturated carbocycles. The molecule has 46 heavy (non-hydrogen) atoms. The predicted octanol–water partition coefficient (Wildman–Crippen LogP) is 7.15. The largest absolute Gasteiger partial charge is 0.489 e. The molecule has 1 heterocycles. The Balaban J connectivity index is 1.71. The van der Waals surface area contributed by atoms with E-state index in [1.807, 2.05) is 19.9 Å². The fourth-order valence-corrected chi connectivity index (χ4v) is 6.78. The van der Waals surface area contributed by atoms with E-state index in [9.17, 15) is 18.3 Å². The van der Waals surface area contributed by atoms with Crippen LogP contribution in [-0.2, 0) is 9.84 Å². The minimum Gasteiger partial charge on any atom is -0.489 e. The molecule has 12 heteroatoms. The zero-order chi connectivity index (χ0) is 33.6. The van der Waals surface area contributed by atoms with Crippen LogP contribution in [0.15, 0.2) is 53.6 Å². The van der Waals surface area contributed by atoms with Gasteiger partial charge < -0.3 is 25.8 Å². The number of rotatable bonds is 13. The van der Waals surface area contributed by atoms with Crippen LogP contribution >= 0.6 is 11.6 Å². The lowest BCUT2D eigenvalue weighted by Crippen LogP contribution is -2.21. The molecule has 1 aliphatic carbocycles. The van der Waals surface area contributed by atoms with Gasteiger partial charge in [-0.25, -0.2) is 13.4 Å². The second kappa shape index (κ2) is 15.3. The molecule has 0 fully saturated rings. The number of allylic oxidation sites excluding steroid dienone is 2. The molecule has 2 aromatic carbocycles. The number of hydrogen-bond acceptors (Lipinski definition) is 9.